The molecule has 0 aromatic heterocycles. The number of nitrogens with zero attached hydrogens (tertiary/aromatic N) is 3. The molecular weight excluding hydrogens is 474 g/mol. The van der Waals surface area contributed by atoms with E-state index >= 15 is 0 Å². The second kappa shape index (κ2) is 10.8. The van der Waals surface area contributed by atoms with Gasteiger partial charge in [-0.2, -0.15) is 9.57 Å². The number of sulfonamides is 1. The van der Waals surface area contributed by atoms with Crippen LogP contribution in [0.3, 0.4) is 0 Å². The van der Waals surface area contributed by atoms with Gasteiger partial charge in [0.25, 0.3) is 5.91 Å². The molecule has 1 fully saturated rings. The molecule has 2 aliphatic heterocycles. The maximum Gasteiger partial charge on any atom is 0.338 e. The highest BCUT2D eigenvalue weighted by atomic mass is 32.2. The van der Waals surface area contributed by atoms with E-state index in [9.17, 15) is 18.0 Å². The lowest BCUT2D eigenvalue weighted by atomic mass is 10.2. The molecule has 184 valence electrons. The maximum absolute atomic E-state index is 12.9. The Kier molecular flexibility index (Phi) is 7.53. The van der Waals surface area contributed by atoms with Gasteiger partial charge in [0, 0.05) is 31.4 Å². The number of fused-ring (bicyclic) bond motifs is 1. The van der Waals surface area contributed by atoms with Gasteiger partial charge in [-0.15, -0.1) is 0 Å². The first-order chi connectivity index (χ1) is 16.9. The van der Waals surface area contributed by atoms with Crippen molar-refractivity contribution in [3.05, 3.63) is 48.0 Å². The number of carbonyl (C=O) groups is 2. The van der Waals surface area contributed by atoms with Crippen molar-refractivity contribution < 1.29 is 32.2 Å². The number of hydrogen-bond donors (Lipinski definition) is 0. The number of rotatable bonds is 8. The van der Waals surface area contributed by atoms with E-state index in [1.54, 1.807) is 18.2 Å². The average molecular weight is 500 g/mol. The quantitative estimate of drug-likeness (QED) is 0.507. The minimum Gasteiger partial charge on any atom is -0.486 e. The lowest BCUT2D eigenvalue weighted by molar-refractivity contribution is -0.121. The first-order valence-corrected chi connectivity index (χ1v) is 12.7. The summed E-state index contributed by atoms with van der Waals surface area (Å²) >= 11 is 0. The van der Waals surface area contributed by atoms with Gasteiger partial charge in [-0.05, 0) is 49.2 Å². The van der Waals surface area contributed by atoms with Crippen molar-refractivity contribution >= 4 is 27.6 Å². The van der Waals surface area contributed by atoms with Gasteiger partial charge in [0.2, 0.25) is 10.0 Å². The molecule has 4 rings (SSSR count). The fraction of sp³-hybridized carbons (Fsp3) is 0.375. The van der Waals surface area contributed by atoms with Gasteiger partial charge >= 0.3 is 5.97 Å². The van der Waals surface area contributed by atoms with Crippen LogP contribution in [-0.4, -0.2) is 64.1 Å². The topological polar surface area (TPSA) is 126 Å². The zero-order valence-electron chi connectivity index (χ0n) is 19.0. The van der Waals surface area contributed by atoms with E-state index in [-0.39, 0.29) is 23.4 Å². The Morgan fingerprint density at radius 3 is 2.40 bits per heavy atom. The van der Waals surface area contributed by atoms with Gasteiger partial charge in [0.15, 0.2) is 18.1 Å². The highest BCUT2D eigenvalue weighted by molar-refractivity contribution is 7.89. The van der Waals surface area contributed by atoms with Crippen molar-refractivity contribution in [1.82, 2.24) is 4.31 Å². The molecule has 0 saturated carbocycles. The molecule has 1 amide bonds. The van der Waals surface area contributed by atoms with Crippen LogP contribution in [0.2, 0.25) is 0 Å². The molecule has 0 unspecified atom stereocenters. The first-order valence-electron chi connectivity index (χ1n) is 11.2. The standard InChI is InChI=1S/C24H25N3O7S/c25-10-3-13-27(19-6-9-21-22(16-19)33-15-14-32-21)23(28)17-34-24(29)18-4-7-20(8-5-18)35(30,31)26-11-1-2-12-26/h4-9,16H,1-3,11-15,17H2. The smallest absolute Gasteiger partial charge is 0.338 e. The Labute approximate surface area is 203 Å². The lowest BCUT2D eigenvalue weighted by Crippen LogP contribution is -2.35. The van der Waals surface area contributed by atoms with Crippen LogP contribution < -0.4 is 14.4 Å². The van der Waals surface area contributed by atoms with Crippen LogP contribution in [0.1, 0.15) is 29.6 Å². The number of amides is 1. The van der Waals surface area contributed by atoms with E-state index in [1.165, 1.54) is 33.5 Å². The van der Waals surface area contributed by atoms with Crippen LogP contribution in [0.25, 0.3) is 0 Å². The molecule has 0 aliphatic carbocycles. The molecule has 0 radical (unpaired) electrons. The molecule has 1 saturated heterocycles. The van der Waals surface area contributed by atoms with Crippen molar-refractivity contribution in [3.63, 3.8) is 0 Å². The summed E-state index contributed by atoms with van der Waals surface area (Å²) in [5, 5.41) is 8.99. The molecule has 11 heteroatoms. The number of nitriles is 1. The molecule has 2 heterocycles. The fourth-order valence-corrected chi connectivity index (χ4v) is 5.41. The van der Waals surface area contributed by atoms with E-state index < -0.39 is 28.5 Å². The monoisotopic (exact) mass is 499 g/mol. The lowest BCUT2D eigenvalue weighted by Gasteiger charge is -2.24. The second-order valence-corrected chi connectivity index (χ2v) is 9.93. The Balaban J connectivity index is 1.41. The van der Waals surface area contributed by atoms with Gasteiger partial charge in [-0.3, -0.25) is 4.79 Å². The van der Waals surface area contributed by atoms with Gasteiger partial charge < -0.3 is 19.1 Å². The Hall–Kier alpha value is -3.62. The summed E-state index contributed by atoms with van der Waals surface area (Å²) in [6, 6.07) is 12.5. The summed E-state index contributed by atoms with van der Waals surface area (Å²) in [5.41, 5.74) is 0.614. The average Bonchev–Trinajstić information content (AvgIpc) is 3.43. The summed E-state index contributed by atoms with van der Waals surface area (Å²) in [7, 11) is -3.59. The number of hydrogen-bond acceptors (Lipinski definition) is 8. The molecule has 0 spiro atoms. The molecule has 0 N–H and O–H groups in total. The van der Waals surface area contributed by atoms with Gasteiger partial charge in [0.1, 0.15) is 13.2 Å². The van der Waals surface area contributed by atoms with E-state index in [0.717, 1.165) is 12.8 Å². The summed E-state index contributed by atoms with van der Waals surface area (Å²) < 4.78 is 42.9. The summed E-state index contributed by atoms with van der Waals surface area (Å²) in [6.07, 6.45) is 1.74. The van der Waals surface area contributed by atoms with Gasteiger partial charge in [-0.25, -0.2) is 13.2 Å². The van der Waals surface area contributed by atoms with Crippen LogP contribution in [0.15, 0.2) is 47.4 Å². The molecule has 10 nitrogen and oxygen atoms in total. The Morgan fingerprint density at radius 2 is 1.71 bits per heavy atom. The number of anilines is 1. The molecule has 0 bridgehead atoms. The van der Waals surface area contributed by atoms with E-state index in [4.69, 9.17) is 19.5 Å². The fourth-order valence-electron chi connectivity index (χ4n) is 3.89. The van der Waals surface area contributed by atoms with E-state index in [0.29, 0.717) is 43.5 Å². The molecule has 2 aliphatic rings. The minimum atomic E-state index is -3.59. The van der Waals surface area contributed by atoms with Crippen LogP contribution in [0.4, 0.5) is 5.69 Å². The third-order valence-corrected chi connectivity index (χ3v) is 7.62. The molecule has 2 aromatic rings. The van der Waals surface area contributed by atoms with Gasteiger partial charge in [-0.1, -0.05) is 0 Å². The SMILES string of the molecule is N#CCCN(C(=O)COC(=O)c1ccc(S(=O)(=O)N2CCCC2)cc1)c1ccc2c(c1)OCCO2. The first kappa shape index (κ1) is 24.5. The van der Waals surface area contributed by atoms with Crippen molar-refractivity contribution in [2.24, 2.45) is 0 Å². The van der Waals surface area contributed by atoms with Crippen LogP contribution >= 0.6 is 0 Å². The van der Waals surface area contributed by atoms with Crippen LogP contribution in [0.5, 0.6) is 11.5 Å². The van der Waals surface area contributed by atoms with Crippen molar-refractivity contribution in [2.75, 3.05) is 44.4 Å². The summed E-state index contributed by atoms with van der Waals surface area (Å²) in [4.78, 5) is 26.8. The van der Waals surface area contributed by atoms with E-state index in [1.807, 2.05) is 6.07 Å². The Morgan fingerprint density at radius 1 is 1.03 bits per heavy atom. The minimum absolute atomic E-state index is 0.0844. The summed E-state index contributed by atoms with van der Waals surface area (Å²) in [5.74, 6) is -0.219. The van der Waals surface area contributed by atoms with Crippen LogP contribution in [0, 0.1) is 11.3 Å². The normalized spacial score (nSPS) is 15.3. The predicted molar refractivity (Wildman–Crippen MR) is 125 cm³/mol. The molecule has 35 heavy (non-hydrogen) atoms. The van der Waals surface area contributed by atoms with Crippen LogP contribution in [-0.2, 0) is 19.6 Å². The molecule has 0 atom stereocenters. The molecular formula is C24H25N3O7S. The largest absolute Gasteiger partial charge is 0.486 e. The maximum atomic E-state index is 12.9. The molecule has 2 aromatic carbocycles. The zero-order chi connectivity index (χ0) is 24.8. The van der Waals surface area contributed by atoms with E-state index in [2.05, 4.69) is 0 Å². The Bertz CT molecular complexity index is 1230. The number of carbonyl (C=O) groups excluding carboxylic acids is 2. The van der Waals surface area contributed by atoms with Crippen molar-refractivity contribution in [1.29, 1.82) is 5.26 Å². The van der Waals surface area contributed by atoms with Crippen molar-refractivity contribution in [3.8, 4) is 17.6 Å². The number of ether oxygens (including phenoxy) is 3. The summed E-state index contributed by atoms with van der Waals surface area (Å²) in [6.45, 7) is 1.35. The van der Waals surface area contributed by atoms with Gasteiger partial charge in [0.05, 0.1) is 22.9 Å². The number of benzene rings is 2. The third kappa shape index (κ3) is 5.55. The highest BCUT2D eigenvalue weighted by Crippen LogP contribution is 2.34. The third-order valence-electron chi connectivity index (χ3n) is 5.71. The zero-order valence-corrected chi connectivity index (χ0v) is 19.8. The number of esters is 1. The predicted octanol–water partition coefficient (Wildman–Crippen LogP) is 2.35. The van der Waals surface area contributed by atoms with Crippen molar-refractivity contribution in [2.45, 2.75) is 24.2 Å². The second-order valence-electron chi connectivity index (χ2n) is 7.99. The highest BCUT2D eigenvalue weighted by Gasteiger charge is 2.27.